The molecule has 128 valence electrons. The number of carbonyl (C=O) groups excluding carboxylic acids is 1. The Kier molecular flexibility index (Phi) is 5.41. The Labute approximate surface area is 136 Å². The zero-order valence-corrected chi connectivity index (χ0v) is 14.2. The molecule has 0 bridgehead atoms. The van der Waals surface area contributed by atoms with Gasteiger partial charge in [-0.1, -0.05) is 12.1 Å². The minimum atomic E-state index is -3.13. The van der Waals surface area contributed by atoms with E-state index in [1.165, 1.54) is 12.1 Å². The van der Waals surface area contributed by atoms with Crippen LogP contribution in [0.15, 0.2) is 24.3 Å². The fourth-order valence-corrected chi connectivity index (χ4v) is 3.67. The van der Waals surface area contributed by atoms with E-state index in [1.54, 1.807) is 17.0 Å². The lowest BCUT2D eigenvalue weighted by molar-refractivity contribution is -0.133. The van der Waals surface area contributed by atoms with Crippen molar-refractivity contribution in [2.45, 2.75) is 37.8 Å². The van der Waals surface area contributed by atoms with Crippen molar-refractivity contribution in [2.24, 2.45) is 5.73 Å². The van der Waals surface area contributed by atoms with Gasteiger partial charge in [0.05, 0.1) is 11.8 Å². The molecule has 2 N–H and O–H groups in total. The molecule has 0 aromatic heterocycles. The number of rotatable bonds is 5. The minimum Gasteiger partial charge on any atom is -0.338 e. The molecule has 1 heterocycles. The van der Waals surface area contributed by atoms with Gasteiger partial charge in [0.2, 0.25) is 5.91 Å². The Morgan fingerprint density at radius 1 is 1.39 bits per heavy atom. The van der Waals surface area contributed by atoms with Crippen LogP contribution in [0.1, 0.15) is 31.2 Å². The van der Waals surface area contributed by atoms with Gasteiger partial charge in [-0.25, -0.2) is 12.8 Å². The lowest BCUT2D eigenvalue weighted by atomic mass is 9.97. The van der Waals surface area contributed by atoms with Gasteiger partial charge in [0, 0.05) is 24.8 Å². The number of hydrogen-bond donors (Lipinski definition) is 1. The van der Waals surface area contributed by atoms with Gasteiger partial charge in [-0.2, -0.15) is 0 Å². The third-order valence-electron chi connectivity index (χ3n) is 4.32. The molecule has 0 unspecified atom stereocenters. The number of halogens is 1. The molecule has 1 aromatic carbocycles. The fourth-order valence-electron chi connectivity index (χ4n) is 2.99. The molecule has 2 rings (SSSR count). The van der Waals surface area contributed by atoms with Crippen molar-refractivity contribution < 1.29 is 17.6 Å². The first-order valence-corrected chi connectivity index (χ1v) is 9.72. The van der Waals surface area contributed by atoms with Crippen LogP contribution in [0.25, 0.3) is 0 Å². The molecule has 7 heteroatoms. The van der Waals surface area contributed by atoms with Crippen LogP contribution in [0.4, 0.5) is 4.39 Å². The van der Waals surface area contributed by atoms with Gasteiger partial charge in [0.25, 0.3) is 0 Å². The van der Waals surface area contributed by atoms with E-state index in [1.807, 2.05) is 6.92 Å². The number of carbonyl (C=O) groups is 1. The smallest absolute Gasteiger partial charge is 0.239 e. The summed E-state index contributed by atoms with van der Waals surface area (Å²) in [5, 5.41) is 0. The molecular weight excluding hydrogens is 319 g/mol. The summed E-state index contributed by atoms with van der Waals surface area (Å²) in [6, 6.07) is 5.54. The SMILES string of the molecule is C[C@@H]1C[C@@H](c2ccc(F)cc2)CN1C(=O)[C@H](N)CCS(C)(=O)=O. The van der Waals surface area contributed by atoms with Crippen LogP contribution < -0.4 is 5.73 Å². The molecule has 3 atom stereocenters. The van der Waals surface area contributed by atoms with Crippen LogP contribution in [-0.2, 0) is 14.6 Å². The highest BCUT2D eigenvalue weighted by Gasteiger charge is 2.35. The van der Waals surface area contributed by atoms with E-state index in [-0.39, 0.29) is 35.9 Å². The fraction of sp³-hybridized carbons (Fsp3) is 0.562. The second kappa shape index (κ2) is 6.97. The van der Waals surface area contributed by atoms with Gasteiger partial charge in [-0.05, 0) is 37.5 Å². The van der Waals surface area contributed by atoms with Crippen molar-refractivity contribution in [1.29, 1.82) is 0 Å². The van der Waals surface area contributed by atoms with Crippen LogP contribution in [0, 0.1) is 5.82 Å². The Morgan fingerprint density at radius 2 is 2.00 bits per heavy atom. The maximum absolute atomic E-state index is 13.0. The number of nitrogens with two attached hydrogens (primary N) is 1. The van der Waals surface area contributed by atoms with Crippen molar-refractivity contribution >= 4 is 15.7 Å². The summed E-state index contributed by atoms with van der Waals surface area (Å²) < 4.78 is 35.4. The van der Waals surface area contributed by atoms with Gasteiger partial charge in [0.1, 0.15) is 15.7 Å². The number of likely N-dealkylation sites (tertiary alicyclic amines) is 1. The minimum absolute atomic E-state index is 0.0295. The highest BCUT2D eigenvalue weighted by molar-refractivity contribution is 7.90. The van der Waals surface area contributed by atoms with E-state index in [2.05, 4.69) is 0 Å². The first-order valence-electron chi connectivity index (χ1n) is 7.66. The van der Waals surface area contributed by atoms with Crippen molar-refractivity contribution in [3.8, 4) is 0 Å². The first-order chi connectivity index (χ1) is 10.7. The maximum Gasteiger partial charge on any atom is 0.239 e. The maximum atomic E-state index is 13.0. The zero-order valence-electron chi connectivity index (χ0n) is 13.4. The lowest BCUT2D eigenvalue weighted by Crippen LogP contribution is -2.46. The van der Waals surface area contributed by atoms with E-state index in [0.29, 0.717) is 6.54 Å². The van der Waals surface area contributed by atoms with Crippen molar-refractivity contribution in [3.63, 3.8) is 0 Å². The summed E-state index contributed by atoms with van der Waals surface area (Å²) in [5.74, 6) is -0.443. The number of benzene rings is 1. The second-order valence-electron chi connectivity index (χ2n) is 6.35. The Bertz CT molecular complexity index is 660. The molecule has 1 fully saturated rings. The molecule has 1 aromatic rings. The van der Waals surface area contributed by atoms with Crippen molar-refractivity contribution in [2.75, 3.05) is 18.6 Å². The normalized spacial score (nSPS) is 23.0. The quantitative estimate of drug-likeness (QED) is 0.874. The van der Waals surface area contributed by atoms with Gasteiger partial charge in [-0.3, -0.25) is 4.79 Å². The first kappa shape index (κ1) is 17.9. The van der Waals surface area contributed by atoms with Gasteiger partial charge in [0.15, 0.2) is 0 Å². The summed E-state index contributed by atoms with van der Waals surface area (Å²) in [7, 11) is -3.13. The molecule has 1 amide bonds. The zero-order chi connectivity index (χ0) is 17.2. The average Bonchev–Trinajstić information content (AvgIpc) is 2.86. The van der Waals surface area contributed by atoms with E-state index < -0.39 is 15.9 Å². The lowest BCUT2D eigenvalue weighted by Gasteiger charge is -2.25. The summed E-state index contributed by atoms with van der Waals surface area (Å²) in [5.41, 5.74) is 6.86. The van der Waals surface area contributed by atoms with Gasteiger partial charge < -0.3 is 10.6 Å². The van der Waals surface area contributed by atoms with Gasteiger partial charge in [-0.15, -0.1) is 0 Å². The highest BCUT2D eigenvalue weighted by Crippen LogP contribution is 2.32. The van der Waals surface area contributed by atoms with Crippen LogP contribution in [0.2, 0.25) is 0 Å². The highest BCUT2D eigenvalue weighted by atomic mass is 32.2. The third-order valence-corrected chi connectivity index (χ3v) is 5.29. The van der Waals surface area contributed by atoms with Gasteiger partial charge >= 0.3 is 0 Å². The monoisotopic (exact) mass is 342 g/mol. The Hall–Kier alpha value is -1.47. The van der Waals surface area contributed by atoms with Crippen LogP contribution >= 0.6 is 0 Å². The van der Waals surface area contributed by atoms with Crippen molar-refractivity contribution in [1.82, 2.24) is 4.90 Å². The summed E-state index contributed by atoms with van der Waals surface area (Å²) in [6.45, 7) is 2.48. The van der Waals surface area contributed by atoms with Crippen LogP contribution in [0.5, 0.6) is 0 Å². The molecular formula is C16H23FN2O3S. The molecule has 1 aliphatic heterocycles. The van der Waals surface area contributed by atoms with E-state index >= 15 is 0 Å². The summed E-state index contributed by atoms with van der Waals surface area (Å²) in [6.07, 6.45) is 2.05. The number of nitrogens with zero attached hydrogens (tertiary/aromatic N) is 1. The molecule has 1 saturated heterocycles. The molecule has 0 spiro atoms. The Balaban J connectivity index is 2.00. The predicted octanol–water partition coefficient (Wildman–Crippen LogP) is 1.29. The predicted molar refractivity (Wildman–Crippen MR) is 87.2 cm³/mol. The number of amides is 1. The molecule has 0 radical (unpaired) electrons. The van der Waals surface area contributed by atoms with Crippen LogP contribution in [-0.4, -0.2) is 49.9 Å². The largest absolute Gasteiger partial charge is 0.338 e. The molecule has 0 saturated carbocycles. The molecule has 23 heavy (non-hydrogen) atoms. The molecule has 5 nitrogen and oxygen atoms in total. The molecule has 0 aliphatic carbocycles. The number of sulfone groups is 1. The second-order valence-corrected chi connectivity index (χ2v) is 8.61. The number of hydrogen-bond acceptors (Lipinski definition) is 4. The van der Waals surface area contributed by atoms with E-state index in [4.69, 9.17) is 5.73 Å². The van der Waals surface area contributed by atoms with E-state index in [9.17, 15) is 17.6 Å². The topological polar surface area (TPSA) is 80.5 Å². The van der Waals surface area contributed by atoms with Crippen LogP contribution in [0.3, 0.4) is 0 Å². The summed E-state index contributed by atoms with van der Waals surface area (Å²) >= 11 is 0. The Morgan fingerprint density at radius 3 is 2.57 bits per heavy atom. The summed E-state index contributed by atoms with van der Waals surface area (Å²) in [4.78, 5) is 14.2. The van der Waals surface area contributed by atoms with E-state index in [0.717, 1.165) is 18.2 Å². The third kappa shape index (κ3) is 4.75. The molecule has 1 aliphatic rings. The van der Waals surface area contributed by atoms with Crippen molar-refractivity contribution in [3.05, 3.63) is 35.6 Å². The standard InChI is InChI=1S/C16H23FN2O3S/c1-11-9-13(12-3-5-14(17)6-4-12)10-19(11)16(20)15(18)7-8-23(2,21)22/h3-6,11,13,15H,7-10,18H2,1-2H3/t11-,13-,15-/m1/s1. The average molecular weight is 342 g/mol.